The van der Waals surface area contributed by atoms with Gasteiger partial charge < -0.3 is 13.7 Å². The Kier molecular flexibility index (Phi) is 11.7. The maximum atomic E-state index is 4.71. The summed E-state index contributed by atoms with van der Waals surface area (Å²) in [6.45, 7) is 0. The van der Waals surface area contributed by atoms with Gasteiger partial charge in [-0.15, -0.1) is 0 Å². The van der Waals surface area contributed by atoms with Crippen LogP contribution in [0.25, 0.3) is 160 Å². The van der Waals surface area contributed by atoms with Crippen LogP contribution in [0.15, 0.2) is 310 Å². The largest absolute Gasteiger partial charge is 0.309 e. The summed E-state index contributed by atoms with van der Waals surface area (Å²) in [5.74, 6) is 0. The first-order valence-corrected chi connectivity index (χ1v) is 29.4. The second kappa shape index (κ2) is 20.5. The predicted molar refractivity (Wildman–Crippen MR) is 361 cm³/mol. The van der Waals surface area contributed by atoms with E-state index >= 15 is 0 Å². The van der Waals surface area contributed by atoms with Crippen LogP contribution >= 0.6 is 0 Å². The van der Waals surface area contributed by atoms with E-state index in [0.717, 1.165) is 62.1 Å². The third-order valence-corrected chi connectivity index (χ3v) is 17.3. The second-order valence-corrected chi connectivity index (χ2v) is 22.2. The van der Waals surface area contributed by atoms with E-state index in [0.29, 0.717) is 0 Å². The summed E-state index contributed by atoms with van der Waals surface area (Å²) in [5.41, 5.74) is 18.7. The van der Waals surface area contributed by atoms with Crippen LogP contribution in [-0.2, 0) is 0 Å². The smallest absolute Gasteiger partial charge is 0.0886 e. The molecule has 11 aromatic carbocycles. The molecule has 0 fully saturated rings. The number of hydrogen-bond donors (Lipinski definition) is 0. The molecule has 0 aliphatic rings. The number of aromatic nitrogens is 7. The lowest BCUT2D eigenvalue weighted by atomic mass is 9.90. The first-order chi connectivity index (χ1) is 43.2. The highest BCUT2D eigenvalue weighted by molar-refractivity contribution is 6.26. The van der Waals surface area contributed by atoms with Crippen molar-refractivity contribution in [3.63, 3.8) is 0 Å². The molecule has 0 aliphatic carbocycles. The van der Waals surface area contributed by atoms with Gasteiger partial charge >= 0.3 is 0 Å². The molecule has 0 saturated heterocycles. The van der Waals surface area contributed by atoms with Crippen molar-refractivity contribution in [3.8, 4) is 62.1 Å². The molecule has 18 rings (SSSR count). The molecule has 406 valence electrons. The minimum absolute atomic E-state index is 0.869. The van der Waals surface area contributed by atoms with Crippen LogP contribution in [0.1, 0.15) is 0 Å². The fraction of sp³-hybridized carbons (Fsp3) is 0. The quantitative estimate of drug-likeness (QED) is 0.149. The van der Waals surface area contributed by atoms with Gasteiger partial charge in [-0.1, -0.05) is 164 Å². The number of hydrogen-bond acceptors (Lipinski definition) is 4. The van der Waals surface area contributed by atoms with Crippen molar-refractivity contribution >= 4 is 97.7 Å². The van der Waals surface area contributed by atoms with Gasteiger partial charge in [0.2, 0.25) is 0 Å². The van der Waals surface area contributed by atoms with Crippen LogP contribution in [0.2, 0.25) is 0 Å². The van der Waals surface area contributed by atoms with E-state index in [9.17, 15) is 0 Å². The molecule has 0 spiro atoms. The minimum atomic E-state index is 0.869. The number of rotatable bonds is 7. The number of pyridine rings is 4. The first-order valence-electron chi connectivity index (χ1n) is 29.4. The van der Waals surface area contributed by atoms with Gasteiger partial charge in [-0.2, -0.15) is 0 Å². The molecule has 7 nitrogen and oxygen atoms in total. The van der Waals surface area contributed by atoms with E-state index in [-0.39, 0.29) is 0 Å². The van der Waals surface area contributed by atoms with Gasteiger partial charge in [0.15, 0.2) is 0 Å². The van der Waals surface area contributed by atoms with Gasteiger partial charge in [-0.25, -0.2) is 0 Å². The summed E-state index contributed by atoms with van der Waals surface area (Å²) in [4.78, 5) is 18.3. The standard InChI is InChI=1S/C42H27N3.C38H24N4/c1-2-12-28(13-3-1)43-41-24-22-29(44-37-18-8-4-14-31(37)32-15-5-9-19-38(32)44)26-35(41)36-27-30(23-25-42(36)43)45-39-20-10-6-16-33(39)34-17-7-11-21-40(34)45;1-2-8-30-29(7-1)33-21-25(27-13-17-37(41-23-27)35-9-3-5-19-39-35)11-15-31(33)32-16-12-26(22-34(30)32)28-14-18-38(42-24-28)36-10-4-6-20-40-36/h1-27H;1-24H. The summed E-state index contributed by atoms with van der Waals surface area (Å²) in [5, 5.41) is 15.0. The fourth-order valence-corrected chi connectivity index (χ4v) is 13.3. The number of fused-ring (bicyclic) bond motifs is 15. The molecule has 18 aromatic rings. The van der Waals surface area contributed by atoms with E-state index in [1.54, 1.807) is 12.4 Å². The average Bonchev–Trinajstić information content (AvgIpc) is 1.90. The van der Waals surface area contributed by atoms with Crippen LogP contribution in [0, 0.1) is 0 Å². The molecule has 0 aliphatic heterocycles. The summed E-state index contributed by atoms with van der Waals surface area (Å²) < 4.78 is 7.22. The van der Waals surface area contributed by atoms with Crippen molar-refractivity contribution in [1.29, 1.82) is 0 Å². The van der Waals surface area contributed by atoms with Crippen LogP contribution in [0.4, 0.5) is 0 Å². The Morgan fingerprint density at radius 2 is 0.517 bits per heavy atom. The van der Waals surface area contributed by atoms with Crippen molar-refractivity contribution < 1.29 is 0 Å². The molecular formula is C80H51N7. The second-order valence-electron chi connectivity index (χ2n) is 22.2. The van der Waals surface area contributed by atoms with Crippen molar-refractivity contribution in [3.05, 3.63) is 310 Å². The van der Waals surface area contributed by atoms with E-state index in [1.165, 1.54) is 97.7 Å². The Morgan fingerprint density at radius 3 is 0.908 bits per heavy atom. The molecule has 0 atom stereocenters. The SMILES string of the molecule is c1ccc(-c2ccc(-c3ccc4c5ccc(-c6ccc(-c7ccccn7)nc6)cc5c5ccccc5c4c3)cn2)nc1.c1ccc(-n2c3ccc(-n4c5ccccc5c5ccccc54)cc3c3cc(-n4c5ccccc5c5ccccc54)ccc32)cc1. The van der Waals surface area contributed by atoms with E-state index in [2.05, 4.69) is 260 Å². The topological polar surface area (TPSA) is 66.3 Å². The molecule has 0 unspecified atom stereocenters. The normalized spacial score (nSPS) is 11.7. The maximum Gasteiger partial charge on any atom is 0.0886 e. The summed E-state index contributed by atoms with van der Waals surface area (Å²) in [7, 11) is 0. The molecule has 7 heterocycles. The van der Waals surface area contributed by atoms with Crippen LogP contribution in [0.3, 0.4) is 0 Å². The summed E-state index contributed by atoms with van der Waals surface area (Å²) in [6, 6.07) is 102. The molecule has 0 N–H and O–H groups in total. The molecule has 0 saturated carbocycles. The van der Waals surface area contributed by atoms with Gasteiger partial charge in [0.05, 0.1) is 55.9 Å². The third-order valence-electron chi connectivity index (χ3n) is 17.3. The zero-order valence-electron chi connectivity index (χ0n) is 47.1. The Morgan fingerprint density at radius 1 is 0.184 bits per heavy atom. The molecule has 87 heavy (non-hydrogen) atoms. The van der Waals surface area contributed by atoms with Gasteiger partial charge in [-0.3, -0.25) is 19.9 Å². The highest BCUT2D eigenvalue weighted by atomic mass is 15.0. The zero-order valence-corrected chi connectivity index (χ0v) is 47.1. The van der Waals surface area contributed by atoms with Crippen LogP contribution in [0.5, 0.6) is 0 Å². The Balaban J connectivity index is 0.000000136. The Bertz CT molecular complexity index is 5210. The molecular weight excluding hydrogens is 1060 g/mol. The summed E-state index contributed by atoms with van der Waals surface area (Å²) >= 11 is 0. The molecule has 0 amide bonds. The van der Waals surface area contributed by atoms with Crippen LogP contribution in [-0.4, -0.2) is 33.6 Å². The zero-order chi connectivity index (χ0) is 57.4. The third kappa shape index (κ3) is 8.35. The highest BCUT2D eigenvalue weighted by Crippen LogP contribution is 2.42. The molecule has 7 heteroatoms. The number of benzene rings is 11. The summed E-state index contributed by atoms with van der Waals surface area (Å²) in [6.07, 6.45) is 7.47. The van der Waals surface area contributed by atoms with E-state index < -0.39 is 0 Å². The molecule has 7 aromatic heterocycles. The highest BCUT2D eigenvalue weighted by Gasteiger charge is 2.20. The van der Waals surface area contributed by atoms with E-state index in [4.69, 9.17) is 9.97 Å². The number of nitrogens with zero attached hydrogens (tertiary/aromatic N) is 7. The lowest BCUT2D eigenvalue weighted by molar-refractivity contribution is 1.16. The van der Waals surface area contributed by atoms with E-state index in [1.807, 2.05) is 60.9 Å². The van der Waals surface area contributed by atoms with Gasteiger partial charge in [0, 0.05) is 85.3 Å². The Hall–Kier alpha value is -11.8. The maximum absolute atomic E-state index is 4.71. The van der Waals surface area contributed by atoms with Gasteiger partial charge in [-0.05, 0) is 165 Å². The van der Waals surface area contributed by atoms with Crippen molar-refractivity contribution in [2.45, 2.75) is 0 Å². The minimum Gasteiger partial charge on any atom is -0.309 e. The molecule has 0 bridgehead atoms. The fourth-order valence-electron chi connectivity index (χ4n) is 13.3. The van der Waals surface area contributed by atoms with Crippen molar-refractivity contribution in [2.75, 3.05) is 0 Å². The predicted octanol–water partition coefficient (Wildman–Crippen LogP) is 20.4. The molecule has 0 radical (unpaired) electrons. The van der Waals surface area contributed by atoms with Gasteiger partial charge in [0.25, 0.3) is 0 Å². The van der Waals surface area contributed by atoms with Crippen molar-refractivity contribution in [1.82, 2.24) is 33.6 Å². The monoisotopic (exact) mass is 1110 g/mol. The lowest BCUT2D eigenvalue weighted by Gasteiger charge is -2.13. The van der Waals surface area contributed by atoms with Gasteiger partial charge in [0.1, 0.15) is 0 Å². The van der Waals surface area contributed by atoms with Crippen LogP contribution < -0.4 is 0 Å². The number of para-hydroxylation sites is 5. The lowest BCUT2D eigenvalue weighted by Crippen LogP contribution is -1.96. The Labute approximate surface area is 500 Å². The first kappa shape index (κ1) is 49.8. The van der Waals surface area contributed by atoms with Crippen molar-refractivity contribution in [2.24, 2.45) is 0 Å². The average molecular weight is 1110 g/mol.